The molecule has 0 saturated carbocycles. The monoisotopic (exact) mass is 464 g/mol. The summed E-state index contributed by atoms with van der Waals surface area (Å²) in [5.41, 5.74) is -6.00. The minimum atomic E-state index is -5.22. The third-order valence-corrected chi connectivity index (χ3v) is 4.10. The van der Waals surface area contributed by atoms with Crippen LogP contribution in [0.15, 0.2) is 28.7 Å². The van der Waals surface area contributed by atoms with Gasteiger partial charge in [0.1, 0.15) is 11.4 Å². The molecule has 10 nitrogen and oxygen atoms in total. The van der Waals surface area contributed by atoms with Gasteiger partial charge < -0.3 is 5.32 Å². The number of aryl methyl sites for hydroxylation is 1. The largest absolute Gasteiger partial charge is 0.418 e. The molecule has 1 N–H and O–H groups in total. The Hall–Kier alpha value is -3.29. The lowest BCUT2D eigenvalue weighted by Crippen LogP contribution is -2.12. The van der Waals surface area contributed by atoms with Crippen LogP contribution < -0.4 is 5.32 Å². The lowest BCUT2D eigenvalue weighted by molar-refractivity contribution is -0.394. The van der Waals surface area contributed by atoms with Crippen LogP contribution in [0.1, 0.15) is 11.1 Å². The Labute approximate surface area is 161 Å². The number of benzene rings is 2. The van der Waals surface area contributed by atoms with Crippen molar-refractivity contribution in [2.24, 2.45) is 0 Å². The van der Waals surface area contributed by atoms with Gasteiger partial charge in [0.2, 0.25) is 0 Å². The number of non-ortho nitro benzene ring substituents is 1. The Kier molecular flexibility index (Phi) is 5.54. The van der Waals surface area contributed by atoms with Gasteiger partial charge in [-0.1, -0.05) is 0 Å². The molecule has 0 heterocycles. The van der Waals surface area contributed by atoms with Gasteiger partial charge in [-0.3, -0.25) is 30.3 Å². The number of nitro groups is 3. The average Bonchev–Trinajstić information content (AvgIpc) is 2.55. The SMILES string of the molecule is Cc1cc(Br)c(Nc2c([N+](=O)[O-])cc([N+](=O)[O-])cc2C(F)(F)F)c([N+](=O)[O-])c1. The molecule has 0 amide bonds. The van der Waals surface area contributed by atoms with Crippen LogP contribution in [0.2, 0.25) is 0 Å². The summed E-state index contributed by atoms with van der Waals surface area (Å²) in [7, 11) is 0. The summed E-state index contributed by atoms with van der Waals surface area (Å²) >= 11 is 2.97. The molecular formula is C14H8BrF3N4O6. The van der Waals surface area contributed by atoms with Crippen LogP contribution in [0.5, 0.6) is 0 Å². The van der Waals surface area contributed by atoms with Crippen molar-refractivity contribution in [3.63, 3.8) is 0 Å². The van der Waals surface area contributed by atoms with Crippen LogP contribution in [-0.4, -0.2) is 14.8 Å². The first-order chi connectivity index (χ1) is 12.8. The molecule has 0 aliphatic rings. The molecule has 0 saturated heterocycles. The molecule has 2 aromatic carbocycles. The van der Waals surface area contributed by atoms with Crippen molar-refractivity contribution < 1.29 is 27.9 Å². The minimum Gasteiger partial charge on any atom is -0.343 e. The van der Waals surface area contributed by atoms with Crippen LogP contribution >= 0.6 is 15.9 Å². The first kappa shape index (κ1) is 21.0. The summed E-state index contributed by atoms with van der Waals surface area (Å²) in [6, 6.07) is 2.85. The van der Waals surface area contributed by atoms with E-state index in [1.54, 1.807) is 0 Å². The Morgan fingerprint density at radius 3 is 1.89 bits per heavy atom. The molecule has 0 aliphatic heterocycles. The summed E-state index contributed by atoms with van der Waals surface area (Å²) in [6.07, 6.45) is -5.22. The smallest absolute Gasteiger partial charge is 0.343 e. The molecule has 0 bridgehead atoms. The van der Waals surface area contributed by atoms with E-state index in [4.69, 9.17) is 0 Å². The molecule has 148 valence electrons. The first-order valence-electron chi connectivity index (χ1n) is 7.08. The molecule has 0 radical (unpaired) electrons. The van der Waals surface area contributed by atoms with Crippen molar-refractivity contribution in [2.45, 2.75) is 13.1 Å². The number of nitrogens with zero attached hydrogens (tertiary/aromatic N) is 3. The topological polar surface area (TPSA) is 141 Å². The molecule has 0 atom stereocenters. The minimum absolute atomic E-state index is 0.0278. The number of hydrogen-bond acceptors (Lipinski definition) is 7. The quantitative estimate of drug-likeness (QED) is 0.470. The molecule has 0 spiro atoms. The van der Waals surface area contributed by atoms with Gasteiger partial charge >= 0.3 is 6.18 Å². The second kappa shape index (κ2) is 7.38. The van der Waals surface area contributed by atoms with Crippen LogP contribution in [0, 0.1) is 37.3 Å². The molecular weight excluding hydrogens is 457 g/mol. The van der Waals surface area contributed by atoms with Gasteiger partial charge in [0.25, 0.3) is 17.1 Å². The van der Waals surface area contributed by atoms with Gasteiger partial charge in [0.15, 0.2) is 0 Å². The number of halogens is 4. The number of nitrogens with one attached hydrogen (secondary N) is 1. The van der Waals surface area contributed by atoms with Crippen LogP contribution in [-0.2, 0) is 6.18 Å². The van der Waals surface area contributed by atoms with Crippen LogP contribution in [0.4, 0.5) is 41.6 Å². The summed E-state index contributed by atoms with van der Waals surface area (Å²) in [4.78, 5) is 30.0. The Morgan fingerprint density at radius 2 is 1.43 bits per heavy atom. The van der Waals surface area contributed by atoms with Gasteiger partial charge in [0.05, 0.1) is 26.4 Å². The van der Waals surface area contributed by atoms with E-state index in [0.717, 1.165) is 6.07 Å². The highest BCUT2D eigenvalue weighted by Crippen LogP contribution is 2.46. The zero-order chi connectivity index (χ0) is 21.4. The average molecular weight is 465 g/mol. The van der Waals surface area contributed by atoms with Gasteiger partial charge in [-0.25, -0.2) is 0 Å². The van der Waals surface area contributed by atoms with E-state index in [9.17, 15) is 43.5 Å². The van der Waals surface area contributed by atoms with E-state index in [2.05, 4.69) is 21.2 Å². The summed E-state index contributed by atoms with van der Waals surface area (Å²) in [6.45, 7) is 1.50. The van der Waals surface area contributed by atoms with E-state index in [-0.39, 0.29) is 10.5 Å². The Balaban J connectivity index is 2.85. The Bertz CT molecular complexity index is 1010. The molecule has 2 aromatic rings. The van der Waals surface area contributed by atoms with E-state index in [0.29, 0.717) is 11.6 Å². The van der Waals surface area contributed by atoms with Gasteiger partial charge in [0, 0.05) is 16.6 Å². The van der Waals surface area contributed by atoms with Crippen LogP contribution in [0.3, 0.4) is 0 Å². The van der Waals surface area contributed by atoms with Crippen LogP contribution in [0.25, 0.3) is 0 Å². The van der Waals surface area contributed by atoms with Crippen molar-refractivity contribution in [1.29, 1.82) is 0 Å². The highest BCUT2D eigenvalue weighted by molar-refractivity contribution is 9.10. The van der Waals surface area contributed by atoms with Crippen molar-refractivity contribution in [2.75, 3.05) is 5.32 Å². The highest BCUT2D eigenvalue weighted by Gasteiger charge is 2.40. The van der Waals surface area contributed by atoms with E-state index >= 15 is 0 Å². The lowest BCUT2D eigenvalue weighted by atomic mass is 10.1. The summed E-state index contributed by atoms with van der Waals surface area (Å²) < 4.78 is 40.3. The third kappa shape index (κ3) is 4.16. The maximum Gasteiger partial charge on any atom is 0.418 e. The fourth-order valence-electron chi connectivity index (χ4n) is 2.33. The molecule has 2 rings (SSSR count). The van der Waals surface area contributed by atoms with E-state index in [1.807, 2.05) is 0 Å². The standard InChI is InChI=1S/C14H8BrF3N4O6/c1-6-2-9(15)13(10(3-6)21(25)26)19-12-8(14(16,17)18)4-7(20(23)24)5-11(12)22(27)28/h2-5,19H,1H3. The predicted octanol–water partition coefficient (Wildman–Crippen LogP) is 5.24. The van der Waals surface area contributed by atoms with E-state index < -0.39 is 54.9 Å². The number of hydrogen-bond donors (Lipinski definition) is 1. The summed E-state index contributed by atoms with van der Waals surface area (Å²) in [5, 5.41) is 35.4. The Morgan fingerprint density at radius 1 is 0.893 bits per heavy atom. The molecule has 14 heteroatoms. The van der Waals surface area contributed by atoms with Crippen molar-refractivity contribution in [3.05, 3.63) is 70.2 Å². The third-order valence-electron chi connectivity index (χ3n) is 3.48. The van der Waals surface area contributed by atoms with Crippen molar-refractivity contribution in [1.82, 2.24) is 0 Å². The fourth-order valence-corrected chi connectivity index (χ4v) is 3.00. The predicted molar refractivity (Wildman–Crippen MR) is 93.6 cm³/mol. The van der Waals surface area contributed by atoms with Gasteiger partial charge in [-0.15, -0.1) is 0 Å². The van der Waals surface area contributed by atoms with Crippen molar-refractivity contribution in [3.8, 4) is 0 Å². The molecule has 0 aliphatic carbocycles. The second-order valence-corrected chi connectivity index (χ2v) is 6.28. The van der Waals surface area contributed by atoms with Gasteiger partial charge in [-0.2, -0.15) is 13.2 Å². The van der Waals surface area contributed by atoms with E-state index in [1.165, 1.54) is 13.0 Å². The number of rotatable bonds is 5. The summed E-state index contributed by atoms with van der Waals surface area (Å²) in [5.74, 6) is 0. The number of nitro benzene ring substituents is 3. The maximum atomic E-state index is 13.4. The van der Waals surface area contributed by atoms with Gasteiger partial charge in [-0.05, 0) is 34.5 Å². The first-order valence-corrected chi connectivity index (χ1v) is 7.87. The lowest BCUT2D eigenvalue weighted by Gasteiger charge is -2.16. The maximum absolute atomic E-state index is 13.4. The number of anilines is 2. The molecule has 0 fully saturated rings. The zero-order valence-corrected chi connectivity index (χ0v) is 15.2. The normalized spacial score (nSPS) is 11.2. The highest BCUT2D eigenvalue weighted by atomic mass is 79.9. The molecule has 0 unspecified atom stereocenters. The molecule has 0 aromatic heterocycles. The fraction of sp³-hybridized carbons (Fsp3) is 0.143. The van der Waals surface area contributed by atoms with Crippen molar-refractivity contribution >= 4 is 44.4 Å². The second-order valence-electron chi connectivity index (χ2n) is 5.42. The molecule has 28 heavy (non-hydrogen) atoms. The zero-order valence-electron chi connectivity index (χ0n) is 13.6. The number of alkyl halides is 3.